The summed E-state index contributed by atoms with van der Waals surface area (Å²) in [7, 11) is 0. The molecule has 2 aliphatic heterocycles. The van der Waals surface area contributed by atoms with Gasteiger partial charge < -0.3 is 14.7 Å². The minimum Gasteiger partial charge on any atom is -0.366 e. The maximum atomic E-state index is 14.1. The van der Waals surface area contributed by atoms with Crippen LogP contribution in [0.4, 0.5) is 21.7 Å². The van der Waals surface area contributed by atoms with E-state index in [0.717, 1.165) is 57.3 Å². The predicted molar refractivity (Wildman–Crippen MR) is 114 cm³/mol. The monoisotopic (exact) mass is 389 g/mol. The van der Waals surface area contributed by atoms with Crippen LogP contribution >= 0.6 is 0 Å². The van der Waals surface area contributed by atoms with Crippen LogP contribution in [0.1, 0.15) is 11.1 Å². The molecule has 0 radical (unpaired) electrons. The van der Waals surface area contributed by atoms with Crippen LogP contribution in [-0.2, 0) is 13.0 Å². The number of anilines is 3. The van der Waals surface area contributed by atoms with Gasteiger partial charge in [-0.3, -0.25) is 0 Å². The number of nitrogens with zero attached hydrogens (tertiary/aromatic N) is 5. The van der Waals surface area contributed by atoms with E-state index in [1.54, 1.807) is 12.4 Å². The van der Waals surface area contributed by atoms with E-state index < -0.39 is 0 Å². The zero-order valence-electron chi connectivity index (χ0n) is 16.3. The quantitative estimate of drug-likeness (QED) is 0.685. The van der Waals surface area contributed by atoms with Gasteiger partial charge in [-0.05, 0) is 29.7 Å². The smallest absolute Gasteiger partial charge is 0.146 e. The van der Waals surface area contributed by atoms with Crippen molar-refractivity contribution in [2.45, 2.75) is 13.0 Å². The summed E-state index contributed by atoms with van der Waals surface area (Å²) in [5, 5.41) is 0. The third kappa shape index (κ3) is 3.62. The second kappa shape index (κ2) is 7.70. The van der Waals surface area contributed by atoms with Gasteiger partial charge in [0.2, 0.25) is 0 Å². The molecule has 1 fully saturated rings. The summed E-state index contributed by atoms with van der Waals surface area (Å²) >= 11 is 0. The van der Waals surface area contributed by atoms with Crippen molar-refractivity contribution in [3.63, 3.8) is 0 Å². The molecular formula is C23H24FN5. The van der Waals surface area contributed by atoms with E-state index in [4.69, 9.17) is 0 Å². The first-order chi connectivity index (χ1) is 14.3. The van der Waals surface area contributed by atoms with Gasteiger partial charge >= 0.3 is 0 Å². The number of halogens is 1. The van der Waals surface area contributed by atoms with Crippen LogP contribution in [0.5, 0.6) is 0 Å². The lowest BCUT2D eigenvalue weighted by Gasteiger charge is -2.37. The molecule has 148 valence electrons. The largest absolute Gasteiger partial charge is 0.366 e. The highest BCUT2D eigenvalue weighted by atomic mass is 19.1. The summed E-state index contributed by atoms with van der Waals surface area (Å²) in [6, 6.07) is 17.7. The highest BCUT2D eigenvalue weighted by Crippen LogP contribution is 2.26. The number of rotatable bonds is 3. The van der Waals surface area contributed by atoms with Gasteiger partial charge in [-0.2, -0.15) is 0 Å². The fraction of sp³-hybridized carbons (Fsp3) is 0.304. The van der Waals surface area contributed by atoms with Gasteiger partial charge in [0.05, 0.1) is 5.69 Å². The van der Waals surface area contributed by atoms with E-state index in [1.807, 2.05) is 12.1 Å². The Bertz CT molecular complexity index is 1000. The van der Waals surface area contributed by atoms with Gasteiger partial charge in [-0.25, -0.2) is 14.4 Å². The number of para-hydroxylation sites is 1. The first-order valence-corrected chi connectivity index (χ1v) is 10.2. The molecule has 2 aliphatic rings. The summed E-state index contributed by atoms with van der Waals surface area (Å²) in [4.78, 5) is 15.7. The summed E-state index contributed by atoms with van der Waals surface area (Å²) in [5.74, 6) is 1.76. The predicted octanol–water partition coefficient (Wildman–Crippen LogP) is 3.51. The molecule has 0 spiro atoms. The number of hydrogen-bond donors (Lipinski definition) is 0. The molecule has 3 aromatic rings. The highest BCUT2D eigenvalue weighted by Gasteiger charge is 2.22. The van der Waals surface area contributed by atoms with Crippen molar-refractivity contribution < 1.29 is 4.39 Å². The van der Waals surface area contributed by atoms with Crippen LogP contribution in [-0.4, -0.2) is 42.7 Å². The molecule has 1 saturated heterocycles. The average molecular weight is 389 g/mol. The Hall–Kier alpha value is -3.15. The van der Waals surface area contributed by atoms with Gasteiger partial charge in [0.1, 0.15) is 23.8 Å². The van der Waals surface area contributed by atoms with Crippen LogP contribution in [0.3, 0.4) is 0 Å². The van der Waals surface area contributed by atoms with E-state index in [0.29, 0.717) is 5.69 Å². The number of hydrogen-bond acceptors (Lipinski definition) is 5. The summed E-state index contributed by atoms with van der Waals surface area (Å²) in [6.07, 6.45) is 2.70. The molecule has 6 heteroatoms. The van der Waals surface area contributed by atoms with Gasteiger partial charge in [0, 0.05) is 45.3 Å². The molecule has 0 saturated carbocycles. The standard InChI is InChI=1S/C23H24FN5/c24-20-7-3-4-8-21(20)27-11-13-28(14-12-27)22-15-23(26-17-25-22)29-10-9-18-5-1-2-6-19(18)16-29/h1-8,15,17H,9-14,16H2. The molecule has 2 aromatic carbocycles. The van der Waals surface area contributed by atoms with Gasteiger partial charge in [0.25, 0.3) is 0 Å². The van der Waals surface area contributed by atoms with E-state index >= 15 is 0 Å². The molecule has 0 unspecified atom stereocenters. The van der Waals surface area contributed by atoms with Crippen LogP contribution in [0.2, 0.25) is 0 Å². The number of piperazine rings is 1. The fourth-order valence-electron chi connectivity index (χ4n) is 4.26. The first-order valence-electron chi connectivity index (χ1n) is 10.2. The Morgan fingerprint density at radius 3 is 2.14 bits per heavy atom. The van der Waals surface area contributed by atoms with Crippen LogP contribution in [0.25, 0.3) is 0 Å². The lowest BCUT2D eigenvalue weighted by molar-refractivity contribution is 0.596. The minimum absolute atomic E-state index is 0.157. The lowest BCUT2D eigenvalue weighted by Crippen LogP contribution is -2.47. The third-order valence-electron chi connectivity index (χ3n) is 5.89. The van der Waals surface area contributed by atoms with E-state index in [-0.39, 0.29) is 5.82 Å². The lowest BCUT2D eigenvalue weighted by atomic mass is 10.00. The summed E-state index contributed by atoms with van der Waals surface area (Å²) in [5.41, 5.74) is 3.49. The molecule has 0 atom stereocenters. The minimum atomic E-state index is -0.157. The fourth-order valence-corrected chi connectivity index (χ4v) is 4.26. The van der Waals surface area contributed by atoms with Crippen molar-refractivity contribution in [1.29, 1.82) is 0 Å². The van der Waals surface area contributed by atoms with Crippen molar-refractivity contribution in [3.8, 4) is 0 Å². The molecule has 0 aliphatic carbocycles. The highest BCUT2D eigenvalue weighted by molar-refractivity contribution is 5.54. The van der Waals surface area contributed by atoms with Crippen LogP contribution in [0, 0.1) is 5.82 Å². The molecule has 0 amide bonds. The summed E-state index contributed by atoms with van der Waals surface area (Å²) < 4.78 is 14.1. The van der Waals surface area contributed by atoms with Crippen LogP contribution in [0.15, 0.2) is 60.9 Å². The van der Waals surface area contributed by atoms with Crippen molar-refractivity contribution in [1.82, 2.24) is 9.97 Å². The van der Waals surface area contributed by atoms with Crippen molar-refractivity contribution in [2.24, 2.45) is 0 Å². The Morgan fingerprint density at radius 2 is 1.34 bits per heavy atom. The third-order valence-corrected chi connectivity index (χ3v) is 5.89. The molecule has 5 nitrogen and oxygen atoms in total. The van der Waals surface area contributed by atoms with E-state index in [2.05, 4.69) is 55.0 Å². The molecule has 3 heterocycles. The molecular weight excluding hydrogens is 365 g/mol. The zero-order valence-corrected chi connectivity index (χ0v) is 16.3. The number of benzene rings is 2. The Morgan fingerprint density at radius 1 is 0.690 bits per heavy atom. The molecule has 0 N–H and O–H groups in total. The first kappa shape index (κ1) is 17.9. The second-order valence-electron chi connectivity index (χ2n) is 7.60. The Labute approximate surface area is 170 Å². The van der Waals surface area contributed by atoms with Crippen LogP contribution < -0.4 is 14.7 Å². The number of fused-ring (bicyclic) bond motifs is 1. The average Bonchev–Trinajstić information content (AvgIpc) is 2.79. The summed E-state index contributed by atoms with van der Waals surface area (Å²) in [6.45, 7) is 5.03. The topological polar surface area (TPSA) is 35.5 Å². The Kier molecular flexibility index (Phi) is 4.76. The van der Waals surface area contributed by atoms with Gasteiger partial charge in [-0.1, -0.05) is 36.4 Å². The van der Waals surface area contributed by atoms with Gasteiger partial charge in [-0.15, -0.1) is 0 Å². The van der Waals surface area contributed by atoms with Crippen molar-refractivity contribution >= 4 is 17.3 Å². The maximum absolute atomic E-state index is 14.1. The zero-order chi connectivity index (χ0) is 19.6. The van der Waals surface area contributed by atoms with Crippen molar-refractivity contribution in [2.75, 3.05) is 47.4 Å². The maximum Gasteiger partial charge on any atom is 0.146 e. The molecule has 5 rings (SSSR count). The Balaban J connectivity index is 1.28. The molecule has 29 heavy (non-hydrogen) atoms. The molecule has 1 aromatic heterocycles. The SMILES string of the molecule is Fc1ccccc1N1CCN(c2cc(N3CCc4ccccc4C3)ncn2)CC1. The number of aromatic nitrogens is 2. The van der Waals surface area contributed by atoms with Crippen molar-refractivity contribution in [3.05, 3.63) is 77.9 Å². The second-order valence-corrected chi connectivity index (χ2v) is 7.60. The van der Waals surface area contributed by atoms with E-state index in [9.17, 15) is 4.39 Å². The molecule has 0 bridgehead atoms. The van der Waals surface area contributed by atoms with E-state index in [1.165, 1.54) is 17.2 Å². The normalized spacial score (nSPS) is 16.7. The van der Waals surface area contributed by atoms with Gasteiger partial charge in [0.15, 0.2) is 0 Å².